The lowest BCUT2D eigenvalue weighted by Gasteiger charge is -2.39. The van der Waals surface area contributed by atoms with Crippen molar-refractivity contribution in [3.05, 3.63) is 48.0 Å². The summed E-state index contributed by atoms with van der Waals surface area (Å²) in [7, 11) is 1.90. The summed E-state index contributed by atoms with van der Waals surface area (Å²) in [6.45, 7) is 7.91. The lowest BCUT2D eigenvalue weighted by molar-refractivity contribution is 0.234. The second-order valence-electron chi connectivity index (χ2n) is 6.70. The fourth-order valence-corrected chi connectivity index (χ4v) is 3.57. The van der Waals surface area contributed by atoms with E-state index in [2.05, 4.69) is 64.5 Å². The second kappa shape index (κ2) is 8.14. The highest BCUT2D eigenvalue weighted by molar-refractivity contribution is 5.80. The van der Waals surface area contributed by atoms with Crippen molar-refractivity contribution in [2.75, 3.05) is 19.6 Å². The van der Waals surface area contributed by atoms with Crippen LogP contribution in [-0.2, 0) is 13.6 Å². The third-order valence-corrected chi connectivity index (χ3v) is 4.94. The summed E-state index contributed by atoms with van der Waals surface area (Å²) in [6, 6.07) is 10.9. The summed E-state index contributed by atoms with van der Waals surface area (Å²) in [6.07, 6.45) is 2.73. The molecule has 0 amide bonds. The van der Waals surface area contributed by atoms with Gasteiger partial charge in [-0.05, 0) is 30.7 Å². The topological polar surface area (TPSA) is 58.3 Å². The van der Waals surface area contributed by atoms with Crippen molar-refractivity contribution in [2.24, 2.45) is 18.0 Å². The molecule has 1 N–H and O–H groups in total. The molecule has 0 saturated carbocycles. The second-order valence-corrected chi connectivity index (χ2v) is 6.70. The van der Waals surface area contributed by atoms with Gasteiger partial charge in [0.1, 0.15) is 18.7 Å². The van der Waals surface area contributed by atoms with Gasteiger partial charge in [0.2, 0.25) is 0 Å². The molecule has 1 aliphatic heterocycles. The summed E-state index contributed by atoms with van der Waals surface area (Å²) in [5.41, 5.74) is 1.45. The maximum absolute atomic E-state index is 4.78. The first-order valence-corrected chi connectivity index (χ1v) is 9.10. The highest BCUT2D eigenvalue weighted by Gasteiger charge is 2.28. The van der Waals surface area contributed by atoms with E-state index < -0.39 is 0 Å². The Hall–Kier alpha value is -2.37. The van der Waals surface area contributed by atoms with Crippen molar-refractivity contribution in [1.82, 2.24) is 25.0 Å². The molecule has 0 aliphatic carbocycles. The summed E-state index contributed by atoms with van der Waals surface area (Å²) >= 11 is 0. The molecule has 0 radical (unpaired) electrons. The molecule has 2 atom stereocenters. The minimum Gasteiger partial charge on any atom is -0.357 e. The Kier molecular flexibility index (Phi) is 5.68. The van der Waals surface area contributed by atoms with Gasteiger partial charge in [-0.2, -0.15) is 5.10 Å². The molecule has 0 bridgehead atoms. The van der Waals surface area contributed by atoms with Crippen LogP contribution in [0.4, 0.5) is 0 Å². The van der Waals surface area contributed by atoms with Crippen LogP contribution in [0.3, 0.4) is 0 Å². The zero-order chi connectivity index (χ0) is 17.6. The zero-order valence-electron chi connectivity index (χ0n) is 15.4. The SMILES string of the molecule is CCNC(=NCc1ncnn1C)N1CC[C@@H](c2ccccc2)[C@@H](C)C1. The minimum absolute atomic E-state index is 0.547. The largest absolute Gasteiger partial charge is 0.357 e. The van der Waals surface area contributed by atoms with Crippen molar-refractivity contribution in [3.63, 3.8) is 0 Å². The van der Waals surface area contributed by atoms with Crippen LogP contribution in [0.1, 0.15) is 37.6 Å². The lowest BCUT2D eigenvalue weighted by Crippen LogP contribution is -2.48. The van der Waals surface area contributed by atoms with Crippen LogP contribution in [0.2, 0.25) is 0 Å². The first-order chi connectivity index (χ1) is 12.2. The average Bonchev–Trinajstić information content (AvgIpc) is 3.04. The fourth-order valence-electron chi connectivity index (χ4n) is 3.57. The maximum atomic E-state index is 4.78. The molecule has 134 valence electrons. The number of hydrogen-bond donors (Lipinski definition) is 1. The molecule has 6 heteroatoms. The zero-order valence-corrected chi connectivity index (χ0v) is 15.4. The molecular weight excluding hydrogens is 312 g/mol. The van der Waals surface area contributed by atoms with E-state index >= 15 is 0 Å². The Labute approximate surface area is 150 Å². The smallest absolute Gasteiger partial charge is 0.194 e. The standard InChI is InChI=1S/C19H28N6/c1-4-20-19(21-12-18-22-14-23-24(18)3)25-11-10-17(15(2)13-25)16-8-6-5-7-9-16/h5-9,14-15,17H,4,10-13H2,1-3H3,(H,20,21)/t15-,17+/m0/s1. The summed E-state index contributed by atoms with van der Waals surface area (Å²) < 4.78 is 1.78. The van der Waals surface area contributed by atoms with E-state index in [4.69, 9.17) is 4.99 Å². The number of guanidine groups is 1. The van der Waals surface area contributed by atoms with Crippen molar-refractivity contribution in [3.8, 4) is 0 Å². The average molecular weight is 340 g/mol. The van der Waals surface area contributed by atoms with Gasteiger partial charge in [-0.1, -0.05) is 37.3 Å². The van der Waals surface area contributed by atoms with Crippen LogP contribution >= 0.6 is 0 Å². The Balaban J connectivity index is 1.68. The van der Waals surface area contributed by atoms with Gasteiger partial charge in [-0.25, -0.2) is 9.98 Å². The van der Waals surface area contributed by atoms with Crippen LogP contribution in [0.5, 0.6) is 0 Å². The third kappa shape index (κ3) is 4.18. The van der Waals surface area contributed by atoms with Crippen LogP contribution < -0.4 is 5.32 Å². The Morgan fingerprint density at radius 3 is 2.76 bits per heavy atom. The van der Waals surface area contributed by atoms with E-state index in [1.165, 1.54) is 5.56 Å². The Morgan fingerprint density at radius 2 is 2.12 bits per heavy atom. The van der Waals surface area contributed by atoms with Crippen LogP contribution in [-0.4, -0.2) is 45.3 Å². The molecule has 25 heavy (non-hydrogen) atoms. The molecule has 1 aliphatic rings. The number of piperidine rings is 1. The summed E-state index contributed by atoms with van der Waals surface area (Å²) in [5, 5.41) is 7.54. The molecule has 0 unspecified atom stereocenters. The summed E-state index contributed by atoms with van der Waals surface area (Å²) in [5.74, 6) is 3.07. The van der Waals surface area contributed by atoms with E-state index in [1.54, 1.807) is 11.0 Å². The molecule has 1 aromatic heterocycles. The first-order valence-electron chi connectivity index (χ1n) is 9.10. The molecule has 1 aromatic carbocycles. The molecule has 1 saturated heterocycles. The van der Waals surface area contributed by atoms with Gasteiger partial charge in [0.05, 0.1) is 0 Å². The number of hydrogen-bond acceptors (Lipinski definition) is 3. The number of aromatic nitrogens is 3. The van der Waals surface area contributed by atoms with Gasteiger partial charge in [0, 0.05) is 26.7 Å². The van der Waals surface area contributed by atoms with E-state index in [9.17, 15) is 0 Å². The number of aryl methyl sites for hydroxylation is 1. The molecular formula is C19H28N6. The van der Waals surface area contributed by atoms with Crippen molar-refractivity contribution < 1.29 is 0 Å². The van der Waals surface area contributed by atoms with Gasteiger partial charge in [0.25, 0.3) is 0 Å². The van der Waals surface area contributed by atoms with Crippen molar-refractivity contribution in [1.29, 1.82) is 0 Å². The molecule has 1 fully saturated rings. The van der Waals surface area contributed by atoms with E-state index in [1.807, 2.05) is 7.05 Å². The third-order valence-electron chi connectivity index (χ3n) is 4.94. The molecule has 6 nitrogen and oxygen atoms in total. The first kappa shape index (κ1) is 17.5. The summed E-state index contributed by atoms with van der Waals surface area (Å²) in [4.78, 5) is 11.4. The number of nitrogens with zero attached hydrogens (tertiary/aromatic N) is 5. The number of nitrogens with one attached hydrogen (secondary N) is 1. The highest BCUT2D eigenvalue weighted by Crippen LogP contribution is 2.32. The Morgan fingerprint density at radius 1 is 1.32 bits per heavy atom. The van der Waals surface area contributed by atoms with E-state index in [0.717, 1.165) is 37.8 Å². The number of benzene rings is 1. The van der Waals surface area contributed by atoms with Gasteiger partial charge in [-0.15, -0.1) is 0 Å². The van der Waals surface area contributed by atoms with E-state index in [-0.39, 0.29) is 0 Å². The van der Waals surface area contributed by atoms with Gasteiger partial charge >= 0.3 is 0 Å². The monoisotopic (exact) mass is 340 g/mol. The highest BCUT2D eigenvalue weighted by atomic mass is 15.3. The quantitative estimate of drug-likeness (QED) is 0.686. The molecule has 0 spiro atoms. The molecule has 3 rings (SSSR count). The van der Waals surface area contributed by atoms with Gasteiger partial charge < -0.3 is 10.2 Å². The van der Waals surface area contributed by atoms with Crippen molar-refractivity contribution in [2.45, 2.75) is 32.7 Å². The maximum Gasteiger partial charge on any atom is 0.194 e. The molecule has 2 aromatic rings. The van der Waals surface area contributed by atoms with Crippen LogP contribution in [0, 0.1) is 5.92 Å². The van der Waals surface area contributed by atoms with E-state index in [0.29, 0.717) is 18.4 Å². The van der Waals surface area contributed by atoms with Crippen LogP contribution in [0.25, 0.3) is 0 Å². The molecule has 2 heterocycles. The Bertz CT molecular complexity index is 693. The number of aliphatic imine (C=N–C) groups is 1. The van der Waals surface area contributed by atoms with Crippen molar-refractivity contribution >= 4 is 5.96 Å². The number of rotatable bonds is 4. The minimum atomic E-state index is 0.547. The number of likely N-dealkylation sites (tertiary alicyclic amines) is 1. The fraction of sp³-hybridized carbons (Fsp3) is 0.526. The predicted octanol–water partition coefficient (Wildman–Crippen LogP) is 2.41. The normalized spacial score (nSPS) is 21.4. The van der Waals surface area contributed by atoms with Crippen LogP contribution in [0.15, 0.2) is 41.7 Å². The van der Waals surface area contributed by atoms with Gasteiger partial charge in [-0.3, -0.25) is 4.68 Å². The van der Waals surface area contributed by atoms with Gasteiger partial charge in [0.15, 0.2) is 5.96 Å². The lowest BCUT2D eigenvalue weighted by atomic mass is 9.82. The predicted molar refractivity (Wildman–Crippen MR) is 100 cm³/mol.